The monoisotopic (exact) mass is 153 g/mol. The van der Waals surface area contributed by atoms with Crippen LogP contribution in [0.5, 0.6) is 0 Å². The minimum absolute atomic E-state index is 0.0526. The molecule has 0 saturated carbocycles. The second-order valence-electron chi connectivity index (χ2n) is 1.86. The molecule has 0 fully saturated rings. The second-order valence-corrected chi connectivity index (χ2v) is 1.86. The highest BCUT2D eigenvalue weighted by atomic mass is 16.5. The number of aliphatic hydroxyl groups excluding tert-OH is 1. The summed E-state index contributed by atoms with van der Waals surface area (Å²) in [6, 6.07) is 0. The minimum atomic E-state index is -0.273. The Morgan fingerprint density at radius 3 is 2.36 bits per heavy atom. The number of hydrogen-bond acceptors (Lipinski definition) is 3. The van der Waals surface area contributed by atoms with Gasteiger partial charge < -0.3 is 9.84 Å². The summed E-state index contributed by atoms with van der Waals surface area (Å²) in [6.45, 7) is 6.66. The average molecular weight is 153 g/mol. The lowest BCUT2D eigenvalue weighted by atomic mass is 10.3. The maximum Gasteiger partial charge on any atom is 0.133 e. The lowest BCUT2D eigenvalue weighted by Crippen LogP contribution is -1.93. The van der Waals surface area contributed by atoms with Crippen LogP contribution >= 0.6 is 0 Å². The van der Waals surface area contributed by atoms with Gasteiger partial charge in [0, 0.05) is 0 Å². The van der Waals surface area contributed by atoms with Gasteiger partial charge >= 0.3 is 0 Å². The molecular weight excluding hydrogens is 142 g/mol. The minimum Gasteiger partial charge on any atom is -0.506 e. The van der Waals surface area contributed by atoms with Crippen molar-refractivity contribution in [2.24, 2.45) is 0 Å². The Bertz CT molecular complexity index is 216. The van der Waals surface area contributed by atoms with Gasteiger partial charge in [0.25, 0.3) is 0 Å². The lowest BCUT2D eigenvalue weighted by Gasteiger charge is -1.96. The van der Waals surface area contributed by atoms with E-state index in [0.717, 1.165) is 0 Å². The van der Waals surface area contributed by atoms with Crippen molar-refractivity contribution < 1.29 is 9.84 Å². The van der Waals surface area contributed by atoms with E-state index in [1.54, 1.807) is 0 Å². The quantitative estimate of drug-likeness (QED) is 0.367. The molecule has 0 aliphatic heterocycles. The SMILES string of the molecule is C=C(/C=C/C(=N)C(=C)O)OC. The molecule has 60 valence electrons. The third-order valence-electron chi connectivity index (χ3n) is 1.01. The molecule has 0 bridgehead atoms. The van der Waals surface area contributed by atoms with Crippen LogP contribution in [0.25, 0.3) is 0 Å². The van der Waals surface area contributed by atoms with Crippen LogP contribution in [0.4, 0.5) is 0 Å². The van der Waals surface area contributed by atoms with E-state index in [-0.39, 0.29) is 11.5 Å². The van der Waals surface area contributed by atoms with Crippen LogP contribution in [0.1, 0.15) is 0 Å². The van der Waals surface area contributed by atoms with Crippen molar-refractivity contribution in [1.82, 2.24) is 0 Å². The number of aliphatic hydroxyl groups is 1. The fourth-order valence-corrected chi connectivity index (χ4v) is 0.341. The third-order valence-corrected chi connectivity index (χ3v) is 1.01. The molecule has 0 aliphatic carbocycles. The third kappa shape index (κ3) is 3.97. The van der Waals surface area contributed by atoms with Crippen molar-refractivity contribution in [3.8, 4) is 0 Å². The first-order chi connectivity index (χ1) is 5.07. The average Bonchev–Trinajstić information content (AvgIpc) is 1.99. The molecule has 3 heteroatoms. The Labute approximate surface area is 65.8 Å². The zero-order chi connectivity index (χ0) is 8.85. The Morgan fingerprint density at radius 2 is 2.00 bits per heavy atom. The van der Waals surface area contributed by atoms with Gasteiger partial charge in [0.05, 0.1) is 12.8 Å². The molecule has 2 N–H and O–H groups in total. The predicted molar refractivity (Wildman–Crippen MR) is 44.8 cm³/mol. The van der Waals surface area contributed by atoms with E-state index in [1.165, 1.54) is 19.3 Å². The van der Waals surface area contributed by atoms with Crippen molar-refractivity contribution in [3.63, 3.8) is 0 Å². The predicted octanol–water partition coefficient (Wildman–Crippen LogP) is 1.79. The Kier molecular flexibility index (Phi) is 3.73. The zero-order valence-electron chi connectivity index (χ0n) is 6.42. The Morgan fingerprint density at radius 1 is 1.45 bits per heavy atom. The smallest absolute Gasteiger partial charge is 0.133 e. The Balaban J connectivity index is 4.04. The molecule has 0 aliphatic rings. The number of ether oxygens (including phenoxy) is 1. The molecule has 0 rings (SSSR count). The van der Waals surface area contributed by atoms with Crippen LogP contribution < -0.4 is 0 Å². The van der Waals surface area contributed by atoms with E-state index in [4.69, 9.17) is 15.3 Å². The highest BCUT2D eigenvalue weighted by Crippen LogP contribution is 1.95. The van der Waals surface area contributed by atoms with Gasteiger partial charge in [-0.2, -0.15) is 0 Å². The van der Waals surface area contributed by atoms with E-state index in [0.29, 0.717) is 5.76 Å². The van der Waals surface area contributed by atoms with Crippen molar-refractivity contribution in [2.45, 2.75) is 0 Å². The van der Waals surface area contributed by atoms with Crippen LogP contribution in [-0.2, 0) is 4.74 Å². The van der Waals surface area contributed by atoms with Crippen molar-refractivity contribution in [1.29, 1.82) is 5.41 Å². The van der Waals surface area contributed by atoms with Crippen molar-refractivity contribution >= 4 is 5.71 Å². The molecule has 0 aromatic heterocycles. The largest absolute Gasteiger partial charge is 0.506 e. The summed E-state index contributed by atoms with van der Waals surface area (Å²) in [5.74, 6) is 0.154. The summed E-state index contributed by atoms with van der Waals surface area (Å²) in [6.07, 6.45) is 2.83. The molecular formula is C8H11NO2. The molecule has 0 heterocycles. The number of nitrogens with one attached hydrogen (secondary N) is 1. The molecule has 0 unspecified atom stereocenters. The van der Waals surface area contributed by atoms with Crippen molar-refractivity contribution in [2.75, 3.05) is 7.11 Å². The number of allylic oxidation sites excluding steroid dienone is 2. The normalized spacial score (nSPS) is 9.55. The van der Waals surface area contributed by atoms with E-state index in [1.807, 2.05) is 0 Å². The molecule has 0 amide bonds. The summed E-state index contributed by atoms with van der Waals surface area (Å²) < 4.78 is 4.69. The summed E-state index contributed by atoms with van der Waals surface area (Å²) in [7, 11) is 1.48. The van der Waals surface area contributed by atoms with E-state index >= 15 is 0 Å². The molecule has 0 radical (unpaired) electrons. The topological polar surface area (TPSA) is 53.3 Å². The fourth-order valence-electron chi connectivity index (χ4n) is 0.341. The van der Waals surface area contributed by atoms with Gasteiger partial charge in [-0.05, 0) is 12.2 Å². The van der Waals surface area contributed by atoms with Gasteiger partial charge in [0.15, 0.2) is 0 Å². The van der Waals surface area contributed by atoms with Gasteiger partial charge in [-0.1, -0.05) is 13.2 Å². The summed E-state index contributed by atoms with van der Waals surface area (Å²) in [5, 5.41) is 15.7. The van der Waals surface area contributed by atoms with E-state index in [9.17, 15) is 0 Å². The van der Waals surface area contributed by atoms with Gasteiger partial charge in [0.1, 0.15) is 11.5 Å². The lowest BCUT2D eigenvalue weighted by molar-refractivity contribution is 0.309. The first-order valence-corrected chi connectivity index (χ1v) is 2.95. The summed E-state index contributed by atoms with van der Waals surface area (Å²) >= 11 is 0. The van der Waals surface area contributed by atoms with Crippen LogP contribution in [0.15, 0.2) is 36.8 Å². The maximum absolute atomic E-state index is 8.67. The van der Waals surface area contributed by atoms with Gasteiger partial charge in [-0.15, -0.1) is 0 Å². The maximum atomic E-state index is 8.67. The standard InChI is InChI=1S/C8H11NO2/c1-6(11-3)4-5-8(9)7(2)10/h4-5,9-10H,1-2H2,3H3/b5-4+,9-8?. The van der Waals surface area contributed by atoms with E-state index < -0.39 is 0 Å². The number of methoxy groups -OCH3 is 1. The molecule has 0 saturated heterocycles. The van der Waals surface area contributed by atoms with Gasteiger partial charge in [0.2, 0.25) is 0 Å². The molecule has 11 heavy (non-hydrogen) atoms. The molecule has 3 nitrogen and oxygen atoms in total. The van der Waals surface area contributed by atoms with Crippen LogP contribution in [-0.4, -0.2) is 17.9 Å². The highest BCUT2D eigenvalue weighted by molar-refractivity contribution is 6.03. The molecule has 0 spiro atoms. The fraction of sp³-hybridized carbons (Fsp3) is 0.125. The van der Waals surface area contributed by atoms with E-state index in [2.05, 4.69) is 13.2 Å². The summed E-state index contributed by atoms with van der Waals surface area (Å²) in [4.78, 5) is 0. The van der Waals surface area contributed by atoms with Gasteiger partial charge in [-0.25, -0.2) is 0 Å². The summed E-state index contributed by atoms with van der Waals surface area (Å²) in [5.41, 5.74) is -0.0526. The molecule has 0 atom stereocenters. The van der Waals surface area contributed by atoms with Gasteiger partial charge in [-0.3, -0.25) is 5.41 Å². The number of hydrogen-bond donors (Lipinski definition) is 2. The number of rotatable bonds is 4. The zero-order valence-corrected chi connectivity index (χ0v) is 6.42. The van der Waals surface area contributed by atoms with Crippen LogP contribution in [0.3, 0.4) is 0 Å². The Hall–Kier alpha value is -1.51. The van der Waals surface area contributed by atoms with Crippen molar-refractivity contribution in [3.05, 3.63) is 36.8 Å². The van der Waals surface area contributed by atoms with Crippen LogP contribution in [0.2, 0.25) is 0 Å². The second kappa shape index (κ2) is 4.33. The van der Waals surface area contributed by atoms with Crippen LogP contribution in [0, 0.1) is 5.41 Å². The molecule has 0 aromatic rings. The first kappa shape index (κ1) is 9.49. The molecule has 0 aromatic carbocycles. The highest BCUT2D eigenvalue weighted by Gasteiger charge is 1.92. The first-order valence-electron chi connectivity index (χ1n) is 2.95.